The van der Waals surface area contributed by atoms with Gasteiger partial charge in [-0.25, -0.2) is 14.8 Å². The first-order chi connectivity index (χ1) is 14.5. The molecule has 5 rings (SSSR count). The molecule has 152 valence electrons. The van der Waals surface area contributed by atoms with Crippen LogP contribution in [-0.2, 0) is 0 Å². The second-order valence-electron chi connectivity index (χ2n) is 8.25. The van der Waals surface area contributed by atoms with Crippen LogP contribution in [0.1, 0.15) is 55.6 Å². The predicted molar refractivity (Wildman–Crippen MR) is 119 cm³/mol. The van der Waals surface area contributed by atoms with Crippen LogP contribution in [0.2, 0.25) is 0 Å². The molecule has 1 saturated heterocycles. The lowest BCUT2D eigenvalue weighted by molar-refractivity contribution is 0.0697. The number of piperidine rings is 1. The number of aromatic nitrogens is 2. The molecule has 6 heteroatoms. The van der Waals surface area contributed by atoms with Crippen molar-refractivity contribution in [2.24, 2.45) is 4.99 Å². The molecule has 1 N–H and O–H groups in total. The lowest BCUT2D eigenvalue weighted by atomic mass is 9.95. The van der Waals surface area contributed by atoms with Crippen LogP contribution in [0.15, 0.2) is 52.7 Å². The van der Waals surface area contributed by atoms with E-state index < -0.39 is 5.97 Å². The summed E-state index contributed by atoms with van der Waals surface area (Å²) >= 11 is 0. The Kier molecular flexibility index (Phi) is 4.50. The number of hydrogen-bond acceptors (Lipinski definition) is 5. The van der Waals surface area contributed by atoms with Gasteiger partial charge in [0, 0.05) is 30.3 Å². The number of allylic oxidation sites excluding steroid dienone is 6. The number of carbonyl (C=O) groups is 1. The van der Waals surface area contributed by atoms with E-state index in [0.717, 1.165) is 59.9 Å². The Balaban J connectivity index is 1.68. The number of aliphatic imine (C=N–C) groups is 1. The molecule has 1 fully saturated rings. The Morgan fingerprint density at radius 3 is 2.80 bits per heavy atom. The first kappa shape index (κ1) is 18.7. The van der Waals surface area contributed by atoms with Gasteiger partial charge in [0.15, 0.2) is 5.82 Å². The Labute approximate surface area is 175 Å². The molecule has 1 aromatic carbocycles. The van der Waals surface area contributed by atoms with Gasteiger partial charge in [0.1, 0.15) is 5.69 Å². The summed E-state index contributed by atoms with van der Waals surface area (Å²) in [6.07, 6.45) is 10.7. The van der Waals surface area contributed by atoms with Crippen LogP contribution >= 0.6 is 0 Å². The molecule has 1 aromatic heterocycles. The monoisotopic (exact) mass is 400 g/mol. The summed E-state index contributed by atoms with van der Waals surface area (Å²) in [6.45, 7) is 5.18. The van der Waals surface area contributed by atoms with Gasteiger partial charge in [-0.05, 0) is 69.0 Å². The number of rotatable bonds is 3. The highest BCUT2D eigenvalue weighted by molar-refractivity contribution is 6.10. The molecular weight excluding hydrogens is 376 g/mol. The van der Waals surface area contributed by atoms with Crippen molar-refractivity contribution >= 4 is 34.1 Å². The number of aromatic carboxylic acids is 1. The summed E-state index contributed by atoms with van der Waals surface area (Å²) in [6, 6.07) is 5.33. The van der Waals surface area contributed by atoms with Crippen molar-refractivity contribution in [3.8, 4) is 0 Å². The molecule has 2 aromatic rings. The van der Waals surface area contributed by atoms with Gasteiger partial charge in [0.25, 0.3) is 0 Å². The van der Waals surface area contributed by atoms with Crippen molar-refractivity contribution in [2.75, 3.05) is 11.4 Å². The number of fused-ring (bicyclic) bond motifs is 2. The third-order valence-electron chi connectivity index (χ3n) is 6.08. The zero-order valence-corrected chi connectivity index (χ0v) is 17.2. The summed E-state index contributed by atoms with van der Waals surface area (Å²) < 4.78 is 0. The molecule has 1 unspecified atom stereocenters. The van der Waals surface area contributed by atoms with Crippen molar-refractivity contribution < 1.29 is 9.90 Å². The Morgan fingerprint density at radius 2 is 2.00 bits per heavy atom. The summed E-state index contributed by atoms with van der Waals surface area (Å²) in [4.78, 5) is 28.3. The minimum Gasteiger partial charge on any atom is -0.478 e. The second kappa shape index (κ2) is 7.20. The molecule has 6 nitrogen and oxygen atoms in total. The SMILES string of the molecule is CC1=CC2=CC(c3nc4ccc(C(=O)O)cc4nc3N3CCCCC3C)=CCC2=N1. The largest absolute Gasteiger partial charge is 0.478 e. The first-order valence-electron chi connectivity index (χ1n) is 10.5. The van der Waals surface area contributed by atoms with Crippen LogP contribution in [-0.4, -0.2) is 39.3 Å². The van der Waals surface area contributed by atoms with Gasteiger partial charge in [-0.15, -0.1) is 0 Å². The van der Waals surface area contributed by atoms with E-state index in [9.17, 15) is 9.90 Å². The highest BCUT2D eigenvalue weighted by Crippen LogP contribution is 2.35. The van der Waals surface area contributed by atoms with Crippen molar-refractivity contribution in [3.63, 3.8) is 0 Å². The number of anilines is 1. The zero-order chi connectivity index (χ0) is 20.8. The van der Waals surface area contributed by atoms with Crippen LogP contribution in [0.5, 0.6) is 0 Å². The molecule has 3 heterocycles. The quantitative estimate of drug-likeness (QED) is 0.802. The van der Waals surface area contributed by atoms with Crippen LogP contribution in [0.4, 0.5) is 5.82 Å². The number of carboxylic acids is 1. The molecule has 0 saturated carbocycles. The summed E-state index contributed by atoms with van der Waals surface area (Å²) in [5.41, 5.74) is 6.75. The molecule has 0 spiro atoms. The van der Waals surface area contributed by atoms with Crippen LogP contribution in [0.25, 0.3) is 16.6 Å². The number of carboxylic acid groups (broad SMARTS) is 1. The average Bonchev–Trinajstić information content (AvgIpc) is 3.12. The topological polar surface area (TPSA) is 78.7 Å². The van der Waals surface area contributed by atoms with Crippen LogP contribution < -0.4 is 4.90 Å². The standard InChI is InChI=1S/C24H24N4O2/c1-14-11-18-12-16(6-8-19(18)25-14)22-23(28-10-4-3-5-15(28)2)27-21-13-17(24(29)30)7-9-20(21)26-22/h6-7,9,11-13,15H,3-5,8,10H2,1-2H3,(H,29,30). The number of nitrogens with zero attached hydrogens (tertiary/aromatic N) is 4. The van der Waals surface area contributed by atoms with Gasteiger partial charge in [0.05, 0.1) is 22.3 Å². The normalized spacial score (nSPS) is 21.0. The van der Waals surface area contributed by atoms with Gasteiger partial charge in [-0.3, -0.25) is 4.99 Å². The van der Waals surface area contributed by atoms with E-state index in [1.165, 1.54) is 6.42 Å². The maximum absolute atomic E-state index is 11.4. The molecule has 2 aliphatic heterocycles. The van der Waals surface area contributed by atoms with E-state index in [-0.39, 0.29) is 5.56 Å². The lowest BCUT2D eigenvalue weighted by Gasteiger charge is -2.35. The number of hydrogen-bond donors (Lipinski definition) is 1. The smallest absolute Gasteiger partial charge is 0.335 e. The fraction of sp³-hybridized carbons (Fsp3) is 0.333. The molecule has 3 aliphatic rings. The average molecular weight is 400 g/mol. The second-order valence-corrected chi connectivity index (χ2v) is 8.25. The van der Waals surface area contributed by atoms with E-state index in [0.29, 0.717) is 17.1 Å². The van der Waals surface area contributed by atoms with E-state index in [1.807, 2.05) is 6.92 Å². The van der Waals surface area contributed by atoms with Crippen molar-refractivity contribution in [3.05, 3.63) is 59.0 Å². The number of benzene rings is 1. The van der Waals surface area contributed by atoms with Gasteiger partial charge < -0.3 is 10.0 Å². The maximum atomic E-state index is 11.4. The van der Waals surface area contributed by atoms with Gasteiger partial charge in [0.2, 0.25) is 0 Å². The highest BCUT2D eigenvalue weighted by atomic mass is 16.4. The third kappa shape index (κ3) is 3.22. The van der Waals surface area contributed by atoms with Crippen LogP contribution in [0, 0.1) is 0 Å². The molecule has 0 amide bonds. The fourth-order valence-electron chi connectivity index (χ4n) is 4.49. The predicted octanol–water partition coefficient (Wildman–Crippen LogP) is 4.78. The van der Waals surface area contributed by atoms with E-state index in [4.69, 9.17) is 9.97 Å². The third-order valence-corrected chi connectivity index (χ3v) is 6.08. The van der Waals surface area contributed by atoms with Crippen molar-refractivity contribution in [1.82, 2.24) is 9.97 Å². The van der Waals surface area contributed by atoms with Crippen molar-refractivity contribution in [1.29, 1.82) is 0 Å². The minimum absolute atomic E-state index is 0.230. The zero-order valence-electron chi connectivity index (χ0n) is 17.2. The first-order valence-corrected chi connectivity index (χ1v) is 10.5. The van der Waals surface area contributed by atoms with E-state index in [1.54, 1.807) is 18.2 Å². The maximum Gasteiger partial charge on any atom is 0.335 e. The summed E-state index contributed by atoms with van der Waals surface area (Å²) in [7, 11) is 0. The van der Waals surface area contributed by atoms with Gasteiger partial charge in [-0.1, -0.05) is 6.08 Å². The molecule has 0 bridgehead atoms. The van der Waals surface area contributed by atoms with E-state index >= 15 is 0 Å². The molecule has 0 radical (unpaired) electrons. The Bertz CT molecular complexity index is 1190. The Hall–Kier alpha value is -3.28. The van der Waals surface area contributed by atoms with E-state index in [2.05, 4.69) is 35.0 Å². The van der Waals surface area contributed by atoms with Gasteiger partial charge in [-0.2, -0.15) is 0 Å². The minimum atomic E-state index is -0.953. The fourth-order valence-corrected chi connectivity index (χ4v) is 4.49. The molecule has 1 aliphatic carbocycles. The summed E-state index contributed by atoms with van der Waals surface area (Å²) in [5.74, 6) is -0.106. The highest BCUT2D eigenvalue weighted by Gasteiger charge is 2.26. The molecular formula is C24H24N4O2. The van der Waals surface area contributed by atoms with Crippen LogP contribution in [0.3, 0.4) is 0 Å². The van der Waals surface area contributed by atoms with Crippen molar-refractivity contribution in [2.45, 2.75) is 45.6 Å². The molecule has 30 heavy (non-hydrogen) atoms. The molecule has 1 atom stereocenters. The summed E-state index contributed by atoms with van der Waals surface area (Å²) in [5, 5.41) is 9.38. The van der Waals surface area contributed by atoms with Gasteiger partial charge >= 0.3 is 5.97 Å². The Morgan fingerprint density at radius 1 is 1.13 bits per heavy atom. The lowest BCUT2D eigenvalue weighted by Crippen LogP contribution is -2.38.